The molecule has 0 atom stereocenters. The molecular weight excluding hydrogens is 585 g/mol. The minimum atomic E-state index is 0.589. The Morgan fingerprint density at radius 2 is 0.917 bits per heavy atom. The molecule has 4 nitrogen and oxygen atoms in total. The molecule has 0 fully saturated rings. The Hall–Kier alpha value is -6.88. The van der Waals surface area contributed by atoms with Gasteiger partial charge >= 0.3 is 0 Å². The predicted molar refractivity (Wildman–Crippen MR) is 195 cm³/mol. The topological polar surface area (TPSA) is 57.4 Å². The monoisotopic (exact) mass is 610 g/mol. The summed E-state index contributed by atoms with van der Waals surface area (Å²) in [5.41, 5.74) is 11.4. The van der Waals surface area contributed by atoms with Gasteiger partial charge in [-0.25, -0.2) is 0 Å². The minimum absolute atomic E-state index is 0.589. The molecule has 9 rings (SSSR count). The number of nitriles is 2. The highest BCUT2D eigenvalue weighted by Crippen LogP contribution is 2.40. The molecule has 7 aromatic carbocycles. The zero-order valence-electron chi connectivity index (χ0n) is 25.8. The number of fused-ring (bicyclic) bond motifs is 6. The Labute approximate surface area is 277 Å². The van der Waals surface area contributed by atoms with E-state index in [0.29, 0.717) is 11.1 Å². The number of hydrogen-bond donors (Lipinski definition) is 0. The second-order valence-electron chi connectivity index (χ2n) is 12.0. The summed E-state index contributed by atoms with van der Waals surface area (Å²) in [6.45, 7) is 0. The maximum Gasteiger partial charge on any atom is 0.0998 e. The fourth-order valence-corrected chi connectivity index (χ4v) is 7.37. The summed E-state index contributed by atoms with van der Waals surface area (Å²) in [6, 6.07) is 58.9. The van der Waals surface area contributed by atoms with Gasteiger partial charge in [0.25, 0.3) is 0 Å². The molecule has 0 aliphatic rings. The molecule has 0 saturated carbocycles. The Bertz CT molecular complexity index is 2760. The van der Waals surface area contributed by atoms with Gasteiger partial charge in [0.05, 0.1) is 51.0 Å². The van der Waals surface area contributed by atoms with E-state index in [9.17, 15) is 10.5 Å². The lowest BCUT2D eigenvalue weighted by atomic mass is 9.94. The van der Waals surface area contributed by atoms with Gasteiger partial charge in [-0.3, -0.25) is 0 Å². The van der Waals surface area contributed by atoms with Crippen LogP contribution in [0.2, 0.25) is 0 Å². The fourth-order valence-electron chi connectivity index (χ4n) is 7.37. The molecule has 0 aliphatic carbocycles. The quantitative estimate of drug-likeness (QED) is 0.199. The molecule has 0 spiro atoms. The van der Waals surface area contributed by atoms with E-state index in [2.05, 4.69) is 143 Å². The minimum Gasteiger partial charge on any atom is -0.309 e. The molecule has 0 saturated heterocycles. The van der Waals surface area contributed by atoms with Gasteiger partial charge in [0, 0.05) is 32.8 Å². The van der Waals surface area contributed by atoms with E-state index < -0.39 is 0 Å². The molecule has 48 heavy (non-hydrogen) atoms. The third-order valence-electron chi connectivity index (χ3n) is 9.39. The average molecular weight is 611 g/mol. The SMILES string of the molecule is N#Cc1cccc(-n2c3ccccc3c3c(C#N)cccc32)c1-c1cccc(-c2cccc(-n3c4ccccc4c4ccccc43)c2)c1. The summed E-state index contributed by atoms with van der Waals surface area (Å²) in [4.78, 5) is 0. The Morgan fingerprint density at radius 3 is 1.62 bits per heavy atom. The molecule has 0 unspecified atom stereocenters. The first-order valence-corrected chi connectivity index (χ1v) is 15.9. The number of hydrogen-bond acceptors (Lipinski definition) is 2. The van der Waals surface area contributed by atoms with E-state index in [1.165, 1.54) is 21.8 Å². The first-order chi connectivity index (χ1) is 23.7. The molecule has 0 radical (unpaired) electrons. The van der Waals surface area contributed by atoms with Crippen LogP contribution in [0, 0.1) is 22.7 Å². The zero-order chi connectivity index (χ0) is 32.2. The van der Waals surface area contributed by atoms with Crippen LogP contribution in [0.4, 0.5) is 0 Å². The van der Waals surface area contributed by atoms with Crippen LogP contribution >= 0.6 is 0 Å². The maximum atomic E-state index is 10.4. The molecule has 2 aromatic heterocycles. The van der Waals surface area contributed by atoms with E-state index in [-0.39, 0.29) is 0 Å². The summed E-state index contributed by atoms with van der Waals surface area (Å²) in [7, 11) is 0. The van der Waals surface area contributed by atoms with Gasteiger partial charge in [0.2, 0.25) is 0 Å². The summed E-state index contributed by atoms with van der Waals surface area (Å²) in [6.07, 6.45) is 0. The van der Waals surface area contributed by atoms with E-state index in [1.54, 1.807) is 0 Å². The van der Waals surface area contributed by atoms with Crippen molar-refractivity contribution in [2.24, 2.45) is 0 Å². The molecule has 9 aromatic rings. The maximum absolute atomic E-state index is 10.4. The van der Waals surface area contributed by atoms with Gasteiger partial charge in [-0.05, 0) is 77.4 Å². The van der Waals surface area contributed by atoms with Crippen LogP contribution < -0.4 is 0 Å². The van der Waals surface area contributed by atoms with Crippen LogP contribution in [-0.4, -0.2) is 9.13 Å². The normalized spacial score (nSPS) is 11.3. The van der Waals surface area contributed by atoms with Gasteiger partial charge in [-0.15, -0.1) is 0 Å². The van der Waals surface area contributed by atoms with Crippen molar-refractivity contribution >= 4 is 43.6 Å². The van der Waals surface area contributed by atoms with Crippen LogP contribution in [0.3, 0.4) is 0 Å². The second kappa shape index (κ2) is 10.9. The van der Waals surface area contributed by atoms with E-state index in [4.69, 9.17) is 0 Å². The van der Waals surface area contributed by atoms with Crippen molar-refractivity contribution in [1.29, 1.82) is 10.5 Å². The summed E-state index contributed by atoms with van der Waals surface area (Å²) < 4.78 is 4.52. The third kappa shape index (κ3) is 4.07. The summed E-state index contributed by atoms with van der Waals surface area (Å²) >= 11 is 0. The Balaban J connectivity index is 1.24. The van der Waals surface area contributed by atoms with Crippen molar-refractivity contribution in [2.75, 3.05) is 0 Å². The van der Waals surface area contributed by atoms with Crippen molar-refractivity contribution in [1.82, 2.24) is 9.13 Å². The Morgan fingerprint density at radius 1 is 0.396 bits per heavy atom. The molecule has 0 amide bonds. The van der Waals surface area contributed by atoms with Gasteiger partial charge in [0.1, 0.15) is 0 Å². The number of benzene rings is 7. The molecule has 222 valence electrons. The first kappa shape index (κ1) is 27.4. The highest BCUT2D eigenvalue weighted by Gasteiger charge is 2.20. The molecule has 0 N–H and O–H groups in total. The Kier molecular flexibility index (Phi) is 6.22. The number of aromatic nitrogens is 2. The smallest absolute Gasteiger partial charge is 0.0998 e. The lowest BCUT2D eigenvalue weighted by molar-refractivity contribution is 1.18. The van der Waals surface area contributed by atoms with E-state index in [1.807, 2.05) is 36.4 Å². The number of para-hydroxylation sites is 3. The molecule has 0 bridgehead atoms. The predicted octanol–water partition coefficient (Wildman–Crippen LogP) is 11.0. The lowest BCUT2D eigenvalue weighted by Gasteiger charge is -2.16. The van der Waals surface area contributed by atoms with Crippen LogP contribution in [0.5, 0.6) is 0 Å². The van der Waals surface area contributed by atoms with Crippen LogP contribution in [-0.2, 0) is 0 Å². The number of rotatable bonds is 4. The molecule has 4 heteroatoms. The van der Waals surface area contributed by atoms with Crippen molar-refractivity contribution in [3.05, 3.63) is 169 Å². The number of nitrogens with zero attached hydrogens (tertiary/aromatic N) is 4. The zero-order valence-corrected chi connectivity index (χ0v) is 25.8. The van der Waals surface area contributed by atoms with E-state index >= 15 is 0 Å². The summed E-state index contributed by atoms with van der Waals surface area (Å²) in [5, 5.41) is 24.8. The van der Waals surface area contributed by atoms with Crippen molar-refractivity contribution < 1.29 is 0 Å². The highest BCUT2D eigenvalue weighted by atomic mass is 15.0. The fraction of sp³-hybridized carbons (Fsp3) is 0. The van der Waals surface area contributed by atoms with Gasteiger partial charge in [-0.1, -0.05) is 97.1 Å². The standard InChI is InChI=1S/C44H26N4/c45-27-32-14-9-23-41(48-40-22-6-3-19-37(40)44-33(28-46)15-10-24-42(44)48)43(32)31-13-7-11-29(25-31)30-12-8-16-34(26-30)47-38-20-4-1-17-35(38)36-18-2-5-21-39(36)47/h1-26H. The van der Waals surface area contributed by atoms with Crippen LogP contribution in [0.15, 0.2) is 158 Å². The summed E-state index contributed by atoms with van der Waals surface area (Å²) in [5.74, 6) is 0. The molecular formula is C44H26N4. The molecule has 0 aliphatic heterocycles. The van der Waals surface area contributed by atoms with Crippen LogP contribution in [0.25, 0.3) is 77.2 Å². The van der Waals surface area contributed by atoms with Crippen molar-refractivity contribution in [3.63, 3.8) is 0 Å². The largest absolute Gasteiger partial charge is 0.309 e. The average Bonchev–Trinajstić information content (AvgIpc) is 3.68. The molecule has 2 heterocycles. The van der Waals surface area contributed by atoms with Gasteiger partial charge in [0.15, 0.2) is 0 Å². The van der Waals surface area contributed by atoms with Crippen molar-refractivity contribution in [2.45, 2.75) is 0 Å². The van der Waals surface area contributed by atoms with Gasteiger partial charge in [-0.2, -0.15) is 10.5 Å². The highest BCUT2D eigenvalue weighted by molar-refractivity contribution is 6.12. The van der Waals surface area contributed by atoms with E-state index in [0.717, 1.165) is 55.4 Å². The second-order valence-corrected chi connectivity index (χ2v) is 12.0. The lowest BCUT2D eigenvalue weighted by Crippen LogP contribution is -1.99. The first-order valence-electron chi connectivity index (χ1n) is 15.9. The van der Waals surface area contributed by atoms with Crippen LogP contribution in [0.1, 0.15) is 11.1 Å². The van der Waals surface area contributed by atoms with Gasteiger partial charge < -0.3 is 9.13 Å². The third-order valence-corrected chi connectivity index (χ3v) is 9.39. The van der Waals surface area contributed by atoms with Crippen molar-refractivity contribution in [3.8, 4) is 45.8 Å².